The number of nitrogens with zero attached hydrogens (tertiary/aromatic N) is 1. The molecule has 1 aromatic rings. The second kappa shape index (κ2) is 14.1. The van der Waals surface area contributed by atoms with Crippen molar-refractivity contribution in [3.8, 4) is 5.75 Å². The van der Waals surface area contributed by atoms with Gasteiger partial charge in [-0.1, -0.05) is 57.9 Å². The number of hydrogen-bond donors (Lipinski definition) is 0. The van der Waals surface area contributed by atoms with E-state index in [1.54, 1.807) is 23.3 Å². The smallest absolute Gasteiger partial charge is 0.355 e. The van der Waals surface area contributed by atoms with Crippen molar-refractivity contribution in [3.63, 3.8) is 0 Å². The molecule has 0 radical (unpaired) electrons. The largest absolute Gasteiger partial charge is 0.494 e. The van der Waals surface area contributed by atoms with Crippen LogP contribution in [0.1, 0.15) is 58.3 Å². The SMILES string of the molecule is CCCCCCCCCCOc1ccc(N2C=CC=CC(C(=O)OC)=C2C(=O)OC)cc1. The van der Waals surface area contributed by atoms with E-state index in [0.717, 1.165) is 12.2 Å². The molecule has 0 atom stereocenters. The Bertz CT molecular complexity index is 823. The van der Waals surface area contributed by atoms with Crippen molar-refractivity contribution in [1.82, 2.24) is 0 Å². The van der Waals surface area contributed by atoms with E-state index in [2.05, 4.69) is 6.92 Å². The summed E-state index contributed by atoms with van der Waals surface area (Å²) in [4.78, 5) is 26.3. The van der Waals surface area contributed by atoms with E-state index in [1.807, 2.05) is 24.3 Å². The quantitative estimate of drug-likeness (QED) is 0.289. The molecule has 0 fully saturated rings. The number of carbonyl (C=O) groups is 2. The van der Waals surface area contributed by atoms with E-state index in [-0.39, 0.29) is 11.3 Å². The number of esters is 2. The topological polar surface area (TPSA) is 65.1 Å². The predicted molar refractivity (Wildman–Crippen MR) is 126 cm³/mol. The number of anilines is 1. The molecule has 32 heavy (non-hydrogen) atoms. The first-order valence-corrected chi connectivity index (χ1v) is 11.4. The first-order valence-electron chi connectivity index (χ1n) is 11.4. The summed E-state index contributed by atoms with van der Waals surface area (Å²) in [6.45, 7) is 2.92. The highest BCUT2D eigenvalue weighted by Gasteiger charge is 2.27. The van der Waals surface area contributed by atoms with Crippen molar-refractivity contribution in [2.75, 3.05) is 25.7 Å². The fourth-order valence-electron chi connectivity index (χ4n) is 3.49. The molecule has 1 aliphatic rings. The zero-order valence-electron chi connectivity index (χ0n) is 19.5. The summed E-state index contributed by atoms with van der Waals surface area (Å²) < 4.78 is 15.6. The van der Waals surface area contributed by atoms with Gasteiger partial charge in [0.25, 0.3) is 0 Å². The van der Waals surface area contributed by atoms with Crippen LogP contribution in [-0.4, -0.2) is 32.8 Å². The molecule has 0 saturated heterocycles. The zero-order chi connectivity index (χ0) is 23.2. The van der Waals surface area contributed by atoms with E-state index in [4.69, 9.17) is 14.2 Å². The fourth-order valence-corrected chi connectivity index (χ4v) is 3.49. The Morgan fingerprint density at radius 1 is 0.812 bits per heavy atom. The summed E-state index contributed by atoms with van der Waals surface area (Å²) in [6.07, 6.45) is 16.7. The molecule has 1 aromatic carbocycles. The minimum absolute atomic E-state index is 0.0944. The Morgan fingerprint density at radius 3 is 2.06 bits per heavy atom. The van der Waals surface area contributed by atoms with Crippen molar-refractivity contribution in [2.24, 2.45) is 0 Å². The fraction of sp³-hybridized carbons (Fsp3) is 0.462. The molecule has 0 spiro atoms. The van der Waals surface area contributed by atoms with Gasteiger partial charge in [-0.2, -0.15) is 0 Å². The third kappa shape index (κ3) is 7.59. The monoisotopic (exact) mass is 441 g/mol. The molecular weight excluding hydrogens is 406 g/mol. The molecule has 174 valence electrons. The molecule has 0 amide bonds. The van der Waals surface area contributed by atoms with Crippen molar-refractivity contribution in [3.05, 3.63) is 60.0 Å². The Morgan fingerprint density at radius 2 is 1.44 bits per heavy atom. The number of hydrogen-bond acceptors (Lipinski definition) is 6. The number of benzene rings is 1. The van der Waals surface area contributed by atoms with E-state index < -0.39 is 11.9 Å². The number of rotatable bonds is 13. The summed E-state index contributed by atoms with van der Waals surface area (Å²) >= 11 is 0. The minimum Gasteiger partial charge on any atom is -0.494 e. The maximum Gasteiger partial charge on any atom is 0.355 e. The Balaban J connectivity index is 1.97. The molecule has 0 aliphatic carbocycles. The van der Waals surface area contributed by atoms with Crippen LogP contribution in [0.3, 0.4) is 0 Å². The molecule has 6 heteroatoms. The summed E-state index contributed by atoms with van der Waals surface area (Å²) in [7, 11) is 2.56. The van der Waals surface area contributed by atoms with Crippen molar-refractivity contribution < 1.29 is 23.8 Å². The van der Waals surface area contributed by atoms with Gasteiger partial charge in [-0.15, -0.1) is 0 Å². The first-order chi connectivity index (χ1) is 15.6. The third-order valence-corrected chi connectivity index (χ3v) is 5.27. The highest BCUT2D eigenvalue weighted by atomic mass is 16.5. The zero-order valence-corrected chi connectivity index (χ0v) is 19.5. The molecule has 1 aliphatic heterocycles. The van der Waals surface area contributed by atoms with Crippen molar-refractivity contribution in [1.29, 1.82) is 0 Å². The number of unbranched alkanes of at least 4 members (excludes halogenated alkanes) is 7. The van der Waals surface area contributed by atoms with Gasteiger partial charge < -0.3 is 19.1 Å². The van der Waals surface area contributed by atoms with Crippen molar-refractivity contribution in [2.45, 2.75) is 58.3 Å². The maximum atomic E-state index is 12.5. The van der Waals surface area contributed by atoms with E-state index in [9.17, 15) is 9.59 Å². The van der Waals surface area contributed by atoms with Crippen LogP contribution in [0.25, 0.3) is 0 Å². The Kier molecular flexibility index (Phi) is 11.1. The van der Waals surface area contributed by atoms with Gasteiger partial charge in [-0.25, -0.2) is 9.59 Å². The average molecular weight is 442 g/mol. The van der Waals surface area contributed by atoms with Gasteiger partial charge in [-0.05, 0) is 42.8 Å². The summed E-state index contributed by atoms with van der Waals surface area (Å²) in [5, 5.41) is 0. The molecule has 6 nitrogen and oxygen atoms in total. The molecule has 0 N–H and O–H groups in total. The molecule has 0 saturated carbocycles. The lowest BCUT2D eigenvalue weighted by Gasteiger charge is -2.23. The lowest BCUT2D eigenvalue weighted by molar-refractivity contribution is -0.139. The highest BCUT2D eigenvalue weighted by molar-refractivity contribution is 6.05. The summed E-state index contributed by atoms with van der Waals surface area (Å²) in [5.41, 5.74) is 0.919. The van der Waals surface area contributed by atoms with Crippen LogP contribution >= 0.6 is 0 Å². The van der Waals surface area contributed by atoms with Crippen LogP contribution in [0.4, 0.5) is 5.69 Å². The lowest BCUT2D eigenvalue weighted by Crippen LogP contribution is -2.26. The van der Waals surface area contributed by atoms with Gasteiger partial charge in [0.2, 0.25) is 0 Å². The highest BCUT2D eigenvalue weighted by Crippen LogP contribution is 2.28. The molecular formula is C26H35NO5. The lowest BCUT2D eigenvalue weighted by atomic mass is 10.1. The second-order valence-electron chi connectivity index (χ2n) is 7.63. The van der Waals surface area contributed by atoms with E-state index in [1.165, 1.54) is 65.2 Å². The van der Waals surface area contributed by atoms with Crippen LogP contribution < -0.4 is 9.64 Å². The second-order valence-corrected chi connectivity index (χ2v) is 7.63. The first kappa shape index (κ1) is 25.2. The van der Waals surface area contributed by atoms with Gasteiger partial charge >= 0.3 is 11.9 Å². The van der Waals surface area contributed by atoms with Crippen LogP contribution in [0.15, 0.2) is 60.0 Å². The van der Waals surface area contributed by atoms with Crippen LogP contribution in [0, 0.1) is 0 Å². The normalized spacial score (nSPS) is 13.2. The molecule has 1 heterocycles. The Hall–Kier alpha value is -3.02. The predicted octanol–water partition coefficient (Wildman–Crippen LogP) is 5.70. The van der Waals surface area contributed by atoms with Crippen LogP contribution in [-0.2, 0) is 19.1 Å². The average Bonchev–Trinajstić information content (AvgIpc) is 3.05. The van der Waals surface area contributed by atoms with Gasteiger partial charge in [-0.3, -0.25) is 0 Å². The molecule has 0 aromatic heterocycles. The van der Waals surface area contributed by atoms with E-state index in [0.29, 0.717) is 12.3 Å². The van der Waals surface area contributed by atoms with Gasteiger partial charge in [0.05, 0.1) is 26.4 Å². The number of ether oxygens (including phenoxy) is 3. The van der Waals surface area contributed by atoms with E-state index >= 15 is 0 Å². The van der Waals surface area contributed by atoms with Crippen LogP contribution in [0.2, 0.25) is 0 Å². The number of allylic oxidation sites excluding steroid dienone is 2. The maximum absolute atomic E-state index is 12.5. The third-order valence-electron chi connectivity index (χ3n) is 5.27. The molecule has 0 unspecified atom stereocenters. The molecule has 0 bridgehead atoms. The Labute approximate surface area is 191 Å². The summed E-state index contributed by atoms with van der Waals surface area (Å²) in [6, 6.07) is 7.41. The van der Waals surface area contributed by atoms with Gasteiger partial charge in [0.1, 0.15) is 11.4 Å². The summed E-state index contributed by atoms with van der Waals surface area (Å²) in [5.74, 6) is -0.470. The number of carbonyl (C=O) groups excluding carboxylic acids is 2. The minimum atomic E-state index is -0.628. The standard InChI is InChI=1S/C26H35NO5/c1-4-5-6-7-8-9-10-13-20-32-22-17-15-21(16-18-22)27-19-12-11-14-23(25(28)30-2)24(27)26(29)31-3/h11-12,14-19H,4-10,13,20H2,1-3H3. The van der Waals surface area contributed by atoms with Crippen LogP contribution in [0.5, 0.6) is 5.75 Å². The van der Waals surface area contributed by atoms with Crippen molar-refractivity contribution >= 4 is 17.6 Å². The van der Waals surface area contributed by atoms with Gasteiger partial charge in [0.15, 0.2) is 0 Å². The number of methoxy groups -OCH3 is 2. The molecule has 2 rings (SSSR count). The van der Waals surface area contributed by atoms with Gasteiger partial charge in [0, 0.05) is 11.9 Å².